The van der Waals surface area contributed by atoms with Crippen LogP contribution in [-0.4, -0.2) is 12.6 Å². The molecule has 0 aliphatic carbocycles. The molecule has 0 amide bonds. The van der Waals surface area contributed by atoms with Gasteiger partial charge >= 0.3 is 5.97 Å². The van der Waals surface area contributed by atoms with Gasteiger partial charge in [-0.15, -0.1) is 0 Å². The molecule has 0 saturated heterocycles. The first-order valence-electron chi connectivity index (χ1n) is 4.78. The van der Waals surface area contributed by atoms with Crippen LogP contribution in [0.1, 0.15) is 25.3 Å². The van der Waals surface area contributed by atoms with Gasteiger partial charge in [0.1, 0.15) is 0 Å². The highest BCUT2D eigenvalue weighted by molar-refractivity contribution is 6.43. The van der Waals surface area contributed by atoms with Gasteiger partial charge in [0.05, 0.1) is 22.6 Å². The SMILES string of the molecule is CCOC(=O)C(C)c1cc(Cl)cc(Cl)c1Cl. The van der Waals surface area contributed by atoms with E-state index >= 15 is 0 Å². The third kappa shape index (κ3) is 3.03. The number of carbonyl (C=O) groups excluding carboxylic acids is 1. The Bertz CT molecular complexity index is 404. The third-order valence-corrected chi connectivity index (χ3v) is 3.16. The van der Waals surface area contributed by atoms with E-state index in [4.69, 9.17) is 39.5 Å². The Hall–Kier alpha value is -0.440. The van der Waals surface area contributed by atoms with Crippen LogP contribution in [0.3, 0.4) is 0 Å². The van der Waals surface area contributed by atoms with Crippen molar-refractivity contribution in [1.82, 2.24) is 0 Å². The number of ether oxygens (including phenoxy) is 1. The second-order valence-electron chi connectivity index (χ2n) is 3.26. The highest BCUT2D eigenvalue weighted by Gasteiger charge is 2.21. The van der Waals surface area contributed by atoms with Crippen LogP contribution in [0.15, 0.2) is 12.1 Å². The van der Waals surface area contributed by atoms with E-state index in [1.54, 1.807) is 19.9 Å². The van der Waals surface area contributed by atoms with Crippen LogP contribution in [-0.2, 0) is 9.53 Å². The maximum absolute atomic E-state index is 11.6. The Morgan fingerprint density at radius 1 is 1.38 bits per heavy atom. The number of carbonyl (C=O) groups is 1. The Morgan fingerprint density at radius 2 is 2.00 bits per heavy atom. The molecule has 0 saturated carbocycles. The zero-order chi connectivity index (χ0) is 12.3. The quantitative estimate of drug-likeness (QED) is 0.609. The first-order valence-corrected chi connectivity index (χ1v) is 5.91. The van der Waals surface area contributed by atoms with E-state index in [-0.39, 0.29) is 5.97 Å². The Balaban J connectivity index is 3.08. The summed E-state index contributed by atoms with van der Waals surface area (Å²) >= 11 is 17.7. The molecule has 1 unspecified atom stereocenters. The third-order valence-electron chi connectivity index (χ3n) is 2.13. The van der Waals surface area contributed by atoms with Crippen molar-refractivity contribution in [2.45, 2.75) is 19.8 Å². The summed E-state index contributed by atoms with van der Waals surface area (Å²) in [6, 6.07) is 3.16. The van der Waals surface area contributed by atoms with E-state index in [1.807, 2.05) is 0 Å². The van der Waals surface area contributed by atoms with Crippen LogP contribution in [0.4, 0.5) is 0 Å². The van der Waals surface area contributed by atoms with Crippen LogP contribution in [0, 0.1) is 0 Å². The van der Waals surface area contributed by atoms with Crippen molar-refractivity contribution in [3.63, 3.8) is 0 Å². The van der Waals surface area contributed by atoms with E-state index < -0.39 is 5.92 Å². The molecule has 0 heterocycles. The zero-order valence-corrected chi connectivity index (χ0v) is 11.2. The van der Waals surface area contributed by atoms with Gasteiger partial charge in [0.15, 0.2) is 0 Å². The maximum Gasteiger partial charge on any atom is 0.313 e. The maximum atomic E-state index is 11.6. The van der Waals surface area contributed by atoms with Crippen molar-refractivity contribution in [2.24, 2.45) is 0 Å². The summed E-state index contributed by atoms with van der Waals surface area (Å²) in [4.78, 5) is 11.6. The van der Waals surface area contributed by atoms with Crippen molar-refractivity contribution < 1.29 is 9.53 Å². The molecule has 0 fully saturated rings. The van der Waals surface area contributed by atoms with Gasteiger partial charge in [0.2, 0.25) is 0 Å². The van der Waals surface area contributed by atoms with Gasteiger partial charge < -0.3 is 4.74 Å². The number of esters is 1. The molecule has 16 heavy (non-hydrogen) atoms. The summed E-state index contributed by atoms with van der Waals surface area (Å²) in [6.45, 7) is 3.78. The molecule has 2 nitrogen and oxygen atoms in total. The fourth-order valence-electron chi connectivity index (χ4n) is 1.29. The molecule has 0 N–H and O–H groups in total. The van der Waals surface area contributed by atoms with Crippen LogP contribution >= 0.6 is 34.8 Å². The molecule has 0 aliphatic rings. The van der Waals surface area contributed by atoms with Crippen LogP contribution in [0.2, 0.25) is 15.1 Å². The first-order chi connectivity index (χ1) is 7.47. The van der Waals surface area contributed by atoms with Crippen molar-refractivity contribution in [1.29, 1.82) is 0 Å². The smallest absolute Gasteiger partial charge is 0.313 e. The molecular weight excluding hydrogens is 270 g/mol. The summed E-state index contributed by atoms with van der Waals surface area (Å²) in [5.41, 5.74) is 0.581. The number of hydrogen-bond donors (Lipinski definition) is 0. The Labute approximate surface area is 109 Å². The molecular formula is C11H11Cl3O2. The molecule has 1 rings (SSSR count). The average Bonchev–Trinajstić information content (AvgIpc) is 2.22. The minimum Gasteiger partial charge on any atom is -0.466 e. The van der Waals surface area contributed by atoms with E-state index in [9.17, 15) is 4.79 Å². The Kier molecular flexibility index (Phi) is 4.90. The highest BCUT2D eigenvalue weighted by atomic mass is 35.5. The van der Waals surface area contributed by atoms with Gasteiger partial charge in [-0.3, -0.25) is 4.79 Å². The van der Waals surface area contributed by atoms with E-state index in [0.29, 0.717) is 27.2 Å². The number of benzene rings is 1. The molecule has 5 heteroatoms. The fourth-order valence-corrected chi connectivity index (χ4v) is 2.07. The number of hydrogen-bond acceptors (Lipinski definition) is 2. The van der Waals surface area contributed by atoms with Crippen LogP contribution in [0.25, 0.3) is 0 Å². The first kappa shape index (κ1) is 13.6. The minimum atomic E-state index is -0.483. The highest BCUT2D eigenvalue weighted by Crippen LogP contribution is 2.34. The molecule has 0 bridgehead atoms. The van der Waals surface area contributed by atoms with Gasteiger partial charge in [-0.25, -0.2) is 0 Å². The zero-order valence-electron chi connectivity index (χ0n) is 8.89. The lowest BCUT2D eigenvalue weighted by molar-refractivity contribution is -0.144. The van der Waals surface area contributed by atoms with Gasteiger partial charge in [-0.1, -0.05) is 34.8 Å². The lowest BCUT2D eigenvalue weighted by Gasteiger charge is -2.13. The topological polar surface area (TPSA) is 26.3 Å². The molecule has 0 radical (unpaired) electrons. The number of rotatable bonds is 3. The summed E-state index contributed by atoms with van der Waals surface area (Å²) < 4.78 is 4.91. The molecule has 0 spiro atoms. The minimum absolute atomic E-state index is 0.328. The monoisotopic (exact) mass is 280 g/mol. The second kappa shape index (κ2) is 5.76. The number of halogens is 3. The molecule has 0 aliphatic heterocycles. The van der Waals surface area contributed by atoms with Crippen molar-refractivity contribution >= 4 is 40.8 Å². The standard InChI is InChI=1S/C11H11Cl3O2/c1-3-16-11(15)6(2)8-4-7(12)5-9(13)10(8)14/h4-6H,3H2,1-2H3. The molecule has 88 valence electrons. The average molecular weight is 282 g/mol. The van der Waals surface area contributed by atoms with E-state index in [2.05, 4.69) is 0 Å². The summed E-state index contributed by atoms with van der Waals surface area (Å²) in [7, 11) is 0. The molecule has 1 atom stereocenters. The predicted octanol–water partition coefficient (Wildman–Crippen LogP) is 4.31. The fraction of sp³-hybridized carbons (Fsp3) is 0.364. The predicted molar refractivity (Wildman–Crippen MR) is 66.5 cm³/mol. The van der Waals surface area contributed by atoms with Gasteiger partial charge in [-0.05, 0) is 31.5 Å². The van der Waals surface area contributed by atoms with Crippen molar-refractivity contribution in [3.05, 3.63) is 32.8 Å². The summed E-state index contributed by atoms with van der Waals surface area (Å²) in [5.74, 6) is -0.827. The summed E-state index contributed by atoms with van der Waals surface area (Å²) in [5, 5.41) is 1.12. The molecule has 1 aromatic carbocycles. The van der Waals surface area contributed by atoms with Gasteiger partial charge in [-0.2, -0.15) is 0 Å². The Morgan fingerprint density at radius 3 is 2.56 bits per heavy atom. The molecule has 0 aromatic heterocycles. The van der Waals surface area contributed by atoms with E-state index in [1.165, 1.54) is 6.07 Å². The van der Waals surface area contributed by atoms with Gasteiger partial charge in [0, 0.05) is 5.02 Å². The van der Waals surface area contributed by atoms with Crippen molar-refractivity contribution in [3.8, 4) is 0 Å². The lowest BCUT2D eigenvalue weighted by Crippen LogP contribution is -2.13. The largest absolute Gasteiger partial charge is 0.466 e. The van der Waals surface area contributed by atoms with Crippen LogP contribution in [0.5, 0.6) is 0 Å². The lowest BCUT2D eigenvalue weighted by atomic mass is 10.0. The van der Waals surface area contributed by atoms with E-state index in [0.717, 1.165) is 0 Å². The van der Waals surface area contributed by atoms with Gasteiger partial charge in [0.25, 0.3) is 0 Å². The normalized spacial score (nSPS) is 12.3. The van der Waals surface area contributed by atoms with Crippen LogP contribution < -0.4 is 0 Å². The summed E-state index contributed by atoms with van der Waals surface area (Å²) in [6.07, 6.45) is 0. The molecule has 1 aromatic rings. The second-order valence-corrected chi connectivity index (χ2v) is 4.49. The van der Waals surface area contributed by atoms with Crippen molar-refractivity contribution in [2.75, 3.05) is 6.61 Å².